The summed E-state index contributed by atoms with van der Waals surface area (Å²) in [7, 11) is 0. The Bertz CT molecular complexity index is 254. The van der Waals surface area contributed by atoms with Crippen LogP contribution in [-0.4, -0.2) is 13.0 Å². The summed E-state index contributed by atoms with van der Waals surface area (Å²) >= 11 is 0. The highest BCUT2D eigenvalue weighted by molar-refractivity contribution is 5.52. The molecule has 0 fully saturated rings. The summed E-state index contributed by atoms with van der Waals surface area (Å²) in [5.74, 6) is 1.14. The lowest BCUT2D eigenvalue weighted by atomic mass is 10.1. The molecule has 0 aliphatic rings. The highest BCUT2D eigenvalue weighted by Gasteiger charge is 2.01. The highest BCUT2D eigenvalue weighted by atomic mass is 16.5. The van der Waals surface area contributed by atoms with Gasteiger partial charge in [0, 0.05) is 0 Å². The summed E-state index contributed by atoms with van der Waals surface area (Å²) in [6.07, 6.45) is 4.64. The monoisotopic (exact) mass is 209 g/mol. The second kappa shape index (κ2) is 7.85. The van der Waals surface area contributed by atoms with Crippen molar-refractivity contribution in [1.82, 2.24) is 5.32 Å². The average Bonchev–Trinajstić information content (AvgIpc) is 2.21. The van der Waals surface area contributed by atoms with Crippen molar-refractivity contribution in [3.05, 3.63) is 36.8 Å². The Kier molecular flexibility index (Phi) is 7.06. The molecule has 3 heteroatoms. The van der Waals surface area contributed by atoms with Crippen LogP contribution in [0.5, 0.6) is 0 Å². The van der Waals surface area contributed by atoms with Gasteiger partial charge in [-0.3, -0.25) is 4.79 Å². The van der Waals surface area contributed by atoms with Crippen molar-refractivity contribution < 1.29 is 9.53 Å². The topological polar surface area (TPSA) is 38.3 Å². The van der Waals surface area contributed by atoms with E-state index in [2.05, 4.69) is 32.3 Å². The number of hydrogen-bond donors (Lipinski definition) is 1. The van der Waals surface area contributed by atoms with E-state index in [4.69, 9.17) is 4.74 Å². The molecule has 84 valence electrons. The van der Waals surface area contributed by atoms with Gasteiger partial charge in [-0.1, -0.05) is 27.0 Å². The molecule has 0 saturated heterocycles. The summed E-state index contributed by atoms with van der Waals surface area (Å²) in [6, 6.07) is 0. The molecule has 0 rings (SSSR count). The number of ether oxygens (including phenoxy) is 1. The normalized spacial score (nSPS) is 11.7. The number of carbonyl (C=O) groups excluding carboxylic acids is 1. The third-order valence-corrected chi connectivity index (χ3v) is 1.82. The van der Waals surface area contributed by atoms with Gasteiger partial charge >= 0.3 is 0 Å². The van der Waals surface area contributed by atoms with E-state index in [1.165, 1.54) is 6.08 Å². The van der Waals surface area contributed by atoms with E-state index in [1.54, 1.807) is 6.08 Å². The Labute approximate surface area is 91.5 Å². The third-order valence-electron chi connectivity index (χ3n) is 1.82. The molecule has 15 heavy (non-hydrogen) atoms. The van der Waals surface area contributed by atoms with Crippen molar-refractivity contribution in [3.8, 4) is 0 Å². The van der Waals surface area contributed by atoms with Gasteiger partial charge in [-0.15, -0.1) is 0 Å². The van der Waals surface area contributed by atoms with E-state index in [0.29, 0.717) is 30.4 Å². The Morgan fingerprint density at radius 3 is 2.47 bits per heavy atom. The van der Waals surface area contributed by atoms with Gasteiger partial charge in [-0.2, -0.15) is 0 Å². The number of carbonyl (C=O) groups is 1. The van der Waals surface area contributed by atoms with Gasteiger partial charge in [0.25, 0.3) is 0 Å². The zero-order valence-corrected chi connectivity index (χ0v) is 9.45. The van der Waals surface area contributed by atoms with Crippen molar-refractivity contribution in [2.45, 2.75) is 20.3 Å². The highest BCUT2D eigenvalue weighted by Crippen LogP contribution is 2.08. The largest absolute Gasteiger partial charge is 0.491 e. The first-order valence-electron chi connectivity index (χ1n) is 4.97. The minimum atomic E-state index is 0.545. The fraction of sp³-hybridized carbons (Fsp3) is 0.417. The Morgan fingerprint density at radius 1 is 1.40 bits per heavy atom. The second-order valence-electron chi connectivity index (χ2n) is 3.48. The fourth-order valence-corrected chi connectivity index (χ4v) is 0.945. The zero-order chi connectivity index (χ0) is 11.7. The van der Waals surface area contributed by atoms with E-state index in [-0.39, 0.29) is 0 Å². The standard InChI is InChI=1S/C12H19NO2/c1-5-11(13-9-14)12(6-2)15-8-7-10(3)4/h5-6,9-10H,1-2,7-8H2,3-4H3,(H,13,14)/b12-11-. The fourth-order valence-electron chi connectivity index (χ4n) is 0.945. The lowest BCUT2D eigenvalue weighted by Crippen LogP contribution is -2.12. The Morgan fingerprint density at radius 2 is 2.07 bits per heavy atom. The average molecular weight is 209 g/mol. The molecule has 3 nitrogen and oxygen atoms in total. The predicted molar refractivity (Wildman–Crippen MR) is 62.0 cm³/mol. The van der Waals surface area contributed by atoms with Crippen LogP contribution in [0, 0.1) is 5.92 Å². The summed E-state index contributed by atoms with van der Waals surface area (Å²) in [5, 5.41) is 2.51. The van der Waals surface area contributed by atoms with Gasteiger partial charge in [0.1, 0.15) is 5.76 Å². The molecule has 0 aliphatic carbocycles. The molecule has 0 bridgehead atoms. The summed E-state index contributed by atoms with van der Waals surface area (Å²) in [6.45, 7) is 12.1. The van der Waals surface area contributed by atoms with Gasteiger partial charge in [-0.05, 0) is 24.5 Å². The molecular formula is C12H19NO2. The summed E-state index contributed by atoms with van der Waals surface area (Å²) in [4.78, 5) is 10.3. The molecule has 0 atom stereocenters. The second-order valence-corrected chi connectivity index (χ2v) is 3.48. The van der Waals surface area contributed by atoms with Crippen molar-refractivity contribution >= 4 is 6.41 Å². The lowest BCUT2D eigenvalue weighted by Gasteiger charge is -2.11. The van der Waals surface area contributed by atoms with Crippen molar-refractivity contribution in [3.63, 3.8) is 0 Å². The first kappa shape index (κ1) is 13.5. The molecule has 0 radical (unpaired) electrons. The van der Waals surface area contributed by atoms with Crippen LogP contribution in [0.3, 0.4) is 0 Å². The predicted octanol–water partition coefficient (Wildman–Crippen LogP) is 2.38. The first-order chi connectivity index (χ1) is 7.15. The lowest BCUT2D eigenvalue weighted by molar-refractivity contribution is -0.108. The van der Waals surface area contributed by atoms with Crippen LogP contribution >= 0.6 is 0 Å². The molecule has 0 aromatic heterocycles. The van der Waals surface area contributed by atoms with E-state index >= 15 is 0 Å². The molecule has 1 amide bonds. The van der Waals surface area contributed by atoms with Crippen LogP contribution in [0.4, 0.5) is 0 Å². The molecule has 0 spiro atoms. The van der Waals surface area contributed by atoms with E-state index in [1.807, 2.05) is 0 Å². The number of allylic oxidation sites excluding steroid dienone is 2. The van der Waals surface area contributed by atoms with Gasteiger partial charge in [0.05, 0.1) is 12.3 Å². The van der Waals surface area contributed by atoms with Gasteiger partial charge in [0.2, 0.25) is 6.41 Å². The number of hydrogen-bond acceptors (Lipinski definition) is 2. The first-order valence-corrected chi connectivity index (χ1v) is 4.97. The quantitative estimate of drug-likeness (QED) is 0.378. The maximum Gasteiger partial charge on any atom is 0.211 e. The molecular weight excluding hydrogens is 190 g/mol. The van der Waals surface area contributed by atoms with Crippen LogP contribution in [0.15, 0.2) is 36.8 Å². The van der Waals surface area contributed by atoms with Crippen LogP contribution in [0.25, 0.3) is 0 Å². The van der Waals surface area contributed by atoms with Crippen LogP contribution in [-0.2, 0) is 9.53 Å². The van der Waals surface area contributed by atoms with Crippen molar-refractivity contribution in [1.29, 1.82) is 0 Å². The van der Waals surface area contributed by atoms with Gasteiger partial charge < -0.3 is 10.1 Å². The molecule has 0 saturated carbocycles. The van der Waals surface area contributed by atoms with Crippen molar-refractivity contribution in [2.24, 2.45) is 5.92 Å². The Hall–Kier alpha value is -1.51. The van der Waals surface area contributed by atoms with E-state index in [0.717, 1.165) is 6.42 Å². The molecule has 1 N–H and O–H groups in total. The summed E-state index contributed by atoms with van der Waals surface area (Å²) < 4.78 is 5.48. The summed E-state index contributed by atoms with van der Waals surface area (Å²) in [5.41, 5.74) is 0.545. The van der Waals surface area contributed by atoms with Crippen LogP contribution in [0.1, 0.15) is 20.3 Å². The molecule has 0 heterocycles. The number of amides is 1. The SMILES string of the molecule is C=C/C(NC=O)=C(\C=C)OCCC(C)C. The molecule has 0 aliphatic heterocycles. The van der Waals surface area contributed by atoms with Crippen LogP contribution < -0.4 is 5.32 Å². The maximum atomic E-state index is 10.3. The third kappa shape index (κ3) is 5.73. The van der Waals surface area contributed by atoms with E-state index in [9.17, 15) is 4.79 Å². The molecule has 0 aromatic carbocycles. The zero-order valence-electron chi connectivity index (χ0n) is 9.45. The minimum Gasteiger partial charge on any atom is -0.491 e. The van der Waals surface area contributed by atoms with Crippen LogP contribution in [0.2, 0.25) is 0 Å². The number of rotatable bonds is 8. The molecule has 0 unspecified atom stereocenters. The van der Waals surface area contributed by atoms with Crippen molar-refractivity contribution in [2.75, 3.05) is 6.61 Å². The minimum absolute atomic E-state index is 0.545. The maximum absolute atomic E-state index is 10.3. The Balaban J connectivity index is 4.36. The number of nitrogens with one attached hydrogen (secondary N) is 1. The van der Waals surface area contributed by atoms with E-state index < -0.39 is 0 Å². The van der Waals surface area contributed by atoms with Gasteiger partial charge in [0.15, 0.2) is 0 Å². The van der Waals surface area contributed by atoms with Gasteiger partial charge in [-0.25, -0.2) is 0 Å². The molecule has 0 aromatic rings. The smallest absolute Gasteiger partial charge is 0.211 e.